The van der Waals surface area contributed by atoms with Crippen LogP contribution < -0.4 is 4.74 Å². The summed E-state index contributed by atoms with van der Waals surface area (Å²) in [6, 6.07) is 4.87. The molecule has 16 heavy (non-hydrogen) atoms. The van der Waals surface area contributed by atoms with Crippen molar-refractivity contribution in [3.05, 3.63) is 23.8 Å². The second kappa shape index (κ2) is 4.38. The first-order valence-electron chi connectivity index (χ1n) is 4.89. The molecule has 4 nitrogen and oxygen atoms in total. The van der Waals surface area contributed by atoms with Crippen LogP contribution in [0.5, 0.6) is 11.5 Å². The quantitative estimate of drug-likeness (QED) is 0.787. The third kappa shape index (κ3) is 1.80. The lowest BCUT2D eigenvalue weighted by atomic mass is 9.99. The maximum absolute atomic E-state index is 12.7. The first-order valence-corrected chi connectivity index (χ1v) is 4.89. The molecule has 0 saturated carbocycles. The Labute approximate surface area is 91.6 Å². The maximum Gasteiger partial charge on any atom is 0.293 e. The molecule has 1 N–H and O–H groups in total. The van der Waals surface area contributed by atoms with Crippen LogP contribution in [0.4, 0.5) is 4.39 Å². The minimum Gasteiger partial charge on any atom is -0.504 e. The summed E-state index contributed by atoms with van der Waals surface area (Å²) in [6.45, 7) is -0.489. The minimum atomic E-state index is -0.856. The van der Waals surface area contributed by atoms with Crippen LogP contribution in [0, 0.1) is 0 Å². The highest BCUT2D eigenvalue weighted by atomic mass is 19.1. The monoisotopic (exact) mass is 226 g/mol. The Hall–Kier alpha value is -1.78. The average molecular weight is 226 g/mol. The van der Waals surface area contributed by atoms with Crippen molar-refractivity contribution in [2.24, 2.45) is 0 Å². The largest absolute Gasteiger partial charge is 0.504 e. The summed E-state index contributed by atoms with van der Waals surface area (Å²) in [5.41, 5.74) is 0.705. The summed E-state index contributed by atoms with van der Waals surface area (Å²) in [5.74, 6) is 0.247. The number of alkyl halides is 1. The van der Waals surface area contributed by atoms with Gasteiger partial charge in [0.25, 0.3) is 6.47 Å². The second-order valence-corrected chi connectivity index (χ2v) is 3.55. The number of hydrogen-bond acceptors (Lipinski definition) is 4. The first kappa shape index (κ1) is 10.7. The molecule has 0 saturated heterocycles. The van der Waals surface area contributed by atoms with Crippen LogP contribution >= 0.6 is 0 Å². The van der Waals surface area contributed by atoms with E-state index < -0.39 is 18.9 Å². The summed E-state index contributed by atoms with van der Waals surface area (Å²) in [5, 5.41) is 9.53. The number of para-hydroxylation sites is 1. The Morgan fingerprint density at radius 1 is 1.62 bits per heavy atom. The molecule has 0 aromatic heterocycles. The van der Waals surface area contributed by atoms with E-state index in [2.05, 4.69) is 0 Å². The normalized spacial score (nSPS) is 23.1. The SMILES string of the molecule is O=COC1Cc2cccc(O)c2OC1CF. The van der Waals surface area contributed by atoms with Crippen LogP contribution in [0.3, 0.4) is 0 Å². The summed E-state index contributed by atoms with van der Waals surface area (Å²) in [6.07, 6.45) is -1.15. The third-order valence-electron chi connectivity index (χ3n) is 2.56. The lowest BCUT2D eigenvalue weighted by molar-refractivity contribution is -0.139. The van der Waals surface area contributed by atoms with Gasteiger partial charge in [-0.15, -0.1) is 0 Å². The van der Waals surface area contributed by atoms with Gasteiger partial charge in [-0.25, -0.2) is 4.39 Å². The van der Waals surface area contributed by atoms with Gasteiger partial charge in [-0.1, -0.05) is 12.1 Å². The molecule has 0 amide bonds. The van der Waals surface area contributed by atoms with Crippen molar-refractivity contribution < 1.29 is 23.8 Å². The zero-order valence-corrected chi connectivity index (χ0v) is 8.43. The number of ether oxygens (including phenoxy) is 2. The molecular formula is C11H11FO4. The van der Waals surface area contributed by atoms with E-state index in [1.165, 1.54) is 6.07 Å². The van der Waals surface area contributed by atoms with Gasteiger partial charge in [0, 0.05) is 12.0 Å². The highest BCUT2D eigenvalue weighted by Gasteiger charge is 2.32. The molecule has 1 aromatic rings. The molecule has 1 aliphatic rings. The van der Waals surface area contributed by atoms with Crippen LogP contribution in [0.25, 0.3) is 0 Å². The van der Waals surface area contributed by atoms with Crippen LogP contribution in [0.2, 0.25) is 0 Å². The molecule has 1 heterocycles. The Balaban J connectivity index is 2.29. The topological polar surface area (TPSA) is 55.8 Å². The number of carbonyl (C=O) groups is 1. The van der Waals surface area contributed by atoms with Gasteiger partial charge in [0.1, 0.15) is 12.8 Å². The highest BCUT2D eigenvalue weighted by molar-refractivity contribution is 5.48. The number of benzene rings is 1. The van der Waals surface area contributed by atoms with Gasteiger partial charge >= 0.3 is 0 Å². The summed E-state index contributed by atoms with van der Waals surface area (Å²) in [4.78, 5) is 10.3. The molecule has 2 unspecified atom stereocenters. The Morgan fingerprint density at radius 3 is 3.12 bits per heavy atom. The molecule has 2 atom stereocenters. The van der Waals surface area contributed by atoms with Crippen molar-refractivity contribution >= 4 is 6.47 Å². The van der Waals surface area contributed by atoms with E-state index in [9.17, 15) is 14.3 Å². The fourth-order valence-electron chi connectivity index (χ4n) is 1.78. The summed E-state index contributed by atoms with van der Waals surface area (Å²) < 4.78 is 22.7. The fraction of sp³-hybridized carbons (Fsp3) is 0.364. The Kier molecular flexibility index (Phi) is 2.94. The minimum absolute atomic E-state index is 0.0273. The molecule has 5 heteroatoms. The number of fused-ring (bicyclic) bond motifs is 1. The van der Waals surface area contributed by atoms with Crippen molar-refractivity contribution in [3.63, 3.8) is 0 Å². The van der Waals surface area contributed by atoms with Gasteiger partial charge in [0.05, 0.1) is 0 Å². The van der Waals surface area contributed by atoms with E-state index in [0.717, 1.165) is 0 Å². The van der Waals surface area contributed by atoms with Crippen LogP contribution in [-0.4, -0.2) is 30.5 Å². The van der Waals surface area contributed by atoms with E-state index in [-0.39, 0.29) is 18.0 Å². The maximum atomic E-state index is 12.7. The van der Waals surface area contributed by atoms with E-state index >= 15 is 0 Å². The number of carbonyl (C=O) groups excluding carboxylic acids is 1. The predicted molar refractivity (Wildman–Crippen MR) is 53.1 cm³/mol. The summed E-state index contributed by atoms with van der Waals surface area (Å²) >= 11 is 0. The molecule has 0 fully saturated rings. The Bertz CT molecular complexity index is 394. The van der Waals surface area contributed by atoms with E-state index in [1.807, 2.05) is 0 Å². The zero-order valence-electron chi connectivity index (χ0n) is 8.43. The molecule has 0 radical (unpaired) electrons. The van der Waals surface area contributed by atoms with Gasteiger partial charge in [-0.3, -0.25) is 4.79 Å². The lowest BCUT2D eigenvalue weighted by Gasteiger charge is -2.30. The molecule has 86 valence electrons. The van der Waals surface area contributed by atoms with E-state index in [0.29, 0.717) is 12.0 Å². The smallest absolute Gasteiger partial charge is 0.293 e. The van der Waals surface area contributed by atoms with Gasteiger partial charge in [-0.05, 0) is 6.07 Å². The van der Waals surface area contributed by atoms with E-state index in [1.54, 1.807) is 12.1 Å². The zero-order chi connectivity index (χ0) is 11.5. The molecule has 0 aliphatic carbocycles. The second-order valence-electron chi connectivity index (χ2n) is 3.55. The van der Waals surface area contributed by atoms with Gasteiger partial charge in [0.15, 0.2) is 17.6 Å². The predicted octanol–water partition coefficient (Wildman–Crippen LogP) is 1.21. The highest BCUT2D eigenvalue weighted by Crippen LogP contribution is 2.36. The number of phenols is 1. The van der Waals surface area contributed by atoms with Gasteiger partial charge in [-0.2, -0.15) is 0 Å². The van der Waals surface area contributed by atoms with Crippen molar-refractivity contribution in [2.45, 2.75) is 18.6 Å². The average Bonchev–Trinajstić information content (AvgIpc) is 2.29. The van der Waals surface area contributed by atoms with Crippen molar-refractivity contribution in [3.8, 4) is 11.5 Å². The molecule has 0 bridgehead atoms. The van der Waals surface area contributed by atoms with Crippen LogP contribution in [-0.2, 0) is 16.0 Å². The molecule has 0 spiro atoms. The fourth-order valence-corrected chi connectivity index (χ4v) is 1.78. The van der Waals surface area contributed by atoms with Gasteiger partial charge < -0.3 is 14.6 Å². The number of rotatable bonds is 3. The number of hydrogen-bond donors (Lipinski definition) is 1. The van der Waals surface area contributed by atoms with Crippen LogP contribution in [0.15, 0.2) is 18.2 Å². The molecule has 1 aromatic carbocycles. The number of aromatic hydroxyl groups is 1. The standard InChI is InChI=1S/C11H11FO4/c12-5-10-9(15-6-13)4-7-2-1-3-8(14)11(7)16-10/h1-3,6,9-10,14H,4-5H2. The van der Waals surface area contributed by atoms with E-state index in [4.69, 9.17) is 9.47 Å². The summed E-state index contributed by atoms with van der Waals surface area (Å²) in [7, 11) is 0. The first-order chi connectivity index (χ1) is 7.76. The van der Waals surface area contributed by atoms with Crippen molar-refractivity contribution in [1.29, 1.82) is 0 Å². The number of phenolic OH excluding ortho intramolecular Hbond substituents is 1. The third-order valence-corrected chi connectivity index (χ3v) is 2.56. The molecule has 1 aliphatic heterocycles. The Morgan fingerprint density at radius 2 is 2.44 bits per heavy atom. The van der Waals surface area contributed by atoms with Crippen molar-refractivity contribution in [1.82, 2.24) is 0 Å². The number of halogens is 1. The molecular weight excluding hydrogens is 215 g/mol. The van der Waals surface area contributed by atoms with Crippen LogP contribution in [0.1, 0.15) is 5.56 Å². The lowest BCUT2D eigenvalue weighted by Crippen LogP contribution is -2.40. The van der Waals surface area contributed by atoms with Crippen molar-refractivity contribution in [2.75, 3.05) is 6.67 Å². The molecule has 2 rings (SSSR count). The van der Waals surface area contributed by atoms with Gasteiger partial charge in [0.2, 0.25) is 0 Å².